The van der Waals surface area contributed by atoms with Crippen LogP contribution in [0.5, 0.6) is 0 Å². The largest absolute Gasteiger partial charge is 0.459 e. The van der Waals surface area contributed by atoms with Gasteiger partial charge in [0.2, 0.25) is 0 Å². The minimum atomic E-state index is 0.0940. The van der Waals surface area contributed by atoms with E-state index in [0.29, 0.717) is 11.9 Å². The molecule has 0 spiro atoms. The van der Waals surface area contributed by atoms with E-state index in [0.717, 1.165) is 12.6 Å². The van der Waals surface area contributed by atoms with Crippen molar-refractivity contribution >= 4 is 17.6 Å². The summed E-state index contributed by atoms with van der Waals surface area (Å²) in [5.41, 5.74) is 0. The number of ether oxygens (including phenoxy) is 1. The van der Waals surface area contributed by atoms with Gasteiger partial charge in [-0.1, -0.05) is 0 Å². The fraction of sp³-hybridized carbons (Fsp3) is 0.900. The maximum absolute atomic E-state index is 5.77. The number of halogens is 1. The molecule has 0 radical (unpaired) electrons. The summed E-state index contributed by atoms with van der Waals surface area (Å²) in [6.07, 6.45) is 0.0940. The van der Waals surface area contributed by atoms with Gasteiger partial charge < -0.3 is 9.64 Å². The summed E-state index contributed by atoms with van der Waals surface area (Å²) >= 11 is 5.77. The molecule has 1 aliphatic heterocycles. The van der Waals surface area contributed by atoms with Gasteiger partial charge in [0.05, 0.1) is 12.4 Å². The molecule has 1 rings (SSSR count). The molecule has 0 amide bonds. The highest BCUT2D eigenvalue weighted by Gasteiger charge is 2.30. The number of aliphatic imine (C=N–C) groups is 1. The van der Waals surface area contributed by atoms with Crippen molar-refractivity contribution in [3.8, 4) is 0 Å². The summed E-state index contributed by atoms with van der Waals surface area (Å²) in [4.78, 5) is 6.60. The second kappa shape index (κ2) is 4.87. The molecule has 4 heteroatoms. The van der Waals surface area contributed by atoms with Gasteiger partial charge in [0, 0.05) is 12.1 Å². The van der Waals surface area contributed by atoms with E-state index in [4.69, 9.17) is 16.3 Å². The van der Waals surface area contributed by atoms with E-state index in [1.165, 1.54) is 0 Å². The zero-order chi connectivity index (χ0) is 10.7. The van der Waals surface area contributed by atoms with Gasteiger partial charge in [-0.05, 0) is 27.7 Å². The molecule has 1 saturated heterocycles. The molecule has 0 aliphatic carbocycles. The molecule has 1 fully saturated rings. The Morgan fingerprint density at radius 2 is 2.14 bits per heavy atom. The van der Waals surface area contributed by atoms with Crippen molar-refractivity contribution in [2.45, 2.75) is 45.9 Å². The number of amidine groups is 1. The predicted molar refractivity (Wildman–Crippen MR) is 60.0 cm³/mol. The van der Waals surface area contributed by atoms with E-state index in [-0.39, 0.29) is 12.1 Å². The summed E-state index contributed by atoms with van der Waals surface area (Å²) < 4.78 is 5.64. The van der Waals surface area contributed by atoms with Crippen LogP contribution in [0.25, 0.3) is 0 Å². The molecule has 82 valence electrons. The minimum Gasteiger partial charge on any atom is -0.459 e. The van der Waals surface area contributed by atoms with Crippen LogP contribution >= 0.6 is 11.6 Å². The Hall–Kier alpha value is -0.440. The van der Waals surface area contributed by atoms with Gasteiger partial charge in [0.1, 0.15) is 6.10 Å². The van der Waals surface area contributed by atoms with Crippen LogP contribution in [0.4, 0.5) is 0 Å². The molecule has 0 aromatic heterocycles. The van der Waals surface area contributed by atoms with Crippen molar-refractivity contribution in [3.05, 3.63) is 0 Å². The number of hydrogen-bond donors (Lipinski definition) is 0. The van der Waals surface area contributed by atoms with Crippen molar-refractivity contribution in [1.82, 2.24) is 4.90 Å². The Bertz CT molecular complexity index is 216. The molecular formula is C10H19ClN2O. The first kappa shape index (κ1) is 11.6. The molecule has 1 atom stereocenters. The Labute approximate surface area is 91.1 Å². The van der Waals surface area contributed by atoms with E-state index in [9.17, 15) is 0 Å². The van der Waals surface area contributed by atoms with Gasteiger partial charge in [-0.15, -0.1) is 11.6 Å². The van der Waals surface area contributed by atoms with Gasteiger partial charge in [0.15, 0.2) is 0 Å². The van der Waals surface area contributed by atoms with Crippen molar-refractivity contribution in [2.24, 2.45) is 4.99 Å². The molecule has 0 saturated carbocycles. The lowest BCUT2D eigenvalue weighted by Crippen LogP contribution is -2.33. The molecule has 1 unspecified atom stereocenters. The first-order valence-electron chi connectivity index (χ1n) is 5.11. The van der Waals surface area contributed by atoms with E-state index in [2.05, 4.69) is 23.7 Å². The number of hydrogen-bond acceptors (Lipinski definition) is 2. The highest BCUT2D eigenvalue weighted by molar-refractivity contribution is 6.18. The molecular weight excluding hydrogens is 200 g/mol. The Balaban J connectivity index is 2.72. The van der Waals surface area contributed by atoms with E-state index >= 15 is 0 Å². The quantitative estimate of drug-likeness (QED) is 0.678. The zero-order valence-electron chi connectivity index (χ0n) is 9.33. The molecule has 0 aromatic rings. The first-order chi connectivity index (χ1) is 6.54. The standard InChI is InChI=1S/C10H19ClN2O/c1-7(2)12-10-13(8(3)4)6-9(5-11)14-10/h7-9H,5-6H2,1-4H3/b12-10+. The SMILES string of the molecule is CC(C)/N=C1/OC(CCl)CN1C(C)C. The van der Waals surface area contributed by atoms with Crippen LogP contribution in [0, 0.1) is 0 Å². The van der Waals surface area contributed by atoms with E-state index < -0.39 is 0 Å². The van der Waals surface area contributed by atoms with Gasteiger partial charge in [-0.25, -0.2) is 4.99 Å². The van der Waals surface area contributed by atoms with Crippen molar-refractivity contribution in [3.63, 3.8) is 0 Å². The van der Waals surface area contributed by atoms with Crippen molar-refractivity contribution < 1.29 is 4.74 Å². The monoisotopic (exact) mass is 218 g/mol. The van der Waals surface area contributed by atoms with Gasteiger partial charge in [-0.2, -0.15) is 0 Å². The number of nitrogens with zero attached hydrogens (tertiary/aromatic N) is 2. The zero-order valence-corrected chi connectivity index (χ0v) is 10.1. The van der Waals surface area contributed by atoms with Crippen LogP contribution in [-0.4, -0.2) is 41.5 Å². The summed E-state index contributed by atoms with van der Waals surface area (Å²) in [6.45, 7) is 9.21. The molecule has 1 heterocycles. The fourth-order valence-corrected chi connectivity index (χ4v) is 1.55. The molecule has 1 aliphatic rings. The lowest BCUT2D eigenvalue weighted by atomic mass is 10.3. The van der Waals surface area contributed by atoms with Crippen LogP contribution in [0.2, 0.25) is 0 Å². The first-order valence-corrected chi connectivity index (χ1v) is 5.65. The third-order valence-corrected chi connectivity index (χ3v) is 2.43. The lowest BCUT2D eigenvalue weighted by Gasteiger charge is -2.20. The Kier molecular flexibility index (Phi) is 4.05. The Morgan fingerprint density at radius 3 is 2.57 bits per heavy atom. The van der Waals surface area contributed by atoms with Crippen molar-refractivity contribution in [2.75, 3.05) is 12.4 Å². The molecule has 3 nitrogen and oxygen atoms in total. The van der Waals surface area contributed by atoms with Crippen LogP contribution in [-0.2, 0) is 4.74 Å². The van der Waals surface area contributed by atoms with Gasteiger partial charge >= 0.3 is 0 Å². The fourth-order valence-electron chi connectivity index (χ4n) is 1.39. The third-order valence-electron chi connectivity index (χ3n) is 2.08. The average Bonchev–Trinajstić information content (AvgIpc) is 2.46. The van der Waals surface area contributed by atoms with E-state index in [1.807, 2.05) is 13.8 Å². The molecule has 0 aromatic carbocycles. The predicted octanol–water partition coefficient (Wildman–Crippen LogP) is 2.10. The summed E-state index contributed by atoms with van der Waals surface area (Å²) in [6, 6.07) is 1.43. The summed E-state index contributed by atoms with van der Waals surface area (Å²) in [5.74, 6) is 0.528. The maximum atomic E-state index is 5.77. The van der Waals surface area contributed by atoms with Gasteiger partial charge in [-0.3, -0.25) is 0 Å². The summed E-state index contributed by atoms with van der Waals surface area (Å²) in [5, 5.41) is 0. The minimum absolute atomic E-state index is 0.0940. The third kappa shape index (κ3) is 2.77. The van der Waals surface area contributed by atoms with Crippen LogP contribution in [0.3, 0.4) is 0 Å². The highest BCUT2D eigenvalue weighted by atomic mass is 35.5. The number of alkyl halides is 1. The maximum Gasteiger partial charge on any atom is 0.288 e. The lowest BCUT2D eigenvalue weighted by molar-refractivity contribution is 0.253. The van der Waals surface area contributed by atoms with Gasteiger partial charge in [0.25, 0.3) is 6.02 Å². The topological polar surface area (TPSA) is 24.8 Å². The molecule has 0 N–H and O–H groups in total. The Morgan fingerprint density at radius 1 is 1.50 bits per heavy atom. The molecule has 0 bridgehead atoms. The van der Waals surface area contributed by atoms with Crippen LogP contribution in [0.1, 0.15) is 27.7 Å². The van der Waals surface area contributed by atoms with Crippen LogP contribution in [0.15, 0.2) is 4.99 Å². The number of rotatable bonds is 3. The second-order valence-corrected chi connectivity index (χ2v) is 4.45. The highest BCUT2D eigenvalue weighted by Crippen LogP contribution is 2.16. The van der Waals surface area contributed by atoms with Crippen molar-refractivity contribution in [1.29, 1.82) is 0 Å². The normalized spacial score (nSPS) is 25.2. The second-order valence-electron chi connectivity index (χ2n) is 4.15. The molecule has 14 heavy (non-hydrogen) atoms. The van der Waals surface area contributed by atoms with Crippen LogP contribution < -0.4 is 0 Å². The summed E-state index contributed by atoms with van der Waals surface area (Å²) in [7, 11) is 0. The smallest absolute Gasteiger partial charge is 0.288 e. The van der Waals surface area contributed by atoms with E-state index in [1.54, 1.807) is 0 Å². The average molecular weight is 219 g/mol.